The third-order valence-electron chi connectivity index (χ3n) is 3.44. The van der Waals surface area contributed by atoms with E-state index >= 15 is 0 Å². The van der Waals surface area contributed by atoms with Crippen molar-refractivity contribution in [2.45, 2.75) is 20.5 Å². The Morgan fingerprint density at radius 2 is 2.00 bits per heavy atom. The Morgan fingerprint density at radius 1 is 1.21 bits per heavy atom. The first kappa shape index (κ1) is 23.0. The largest absolute Gasteiger partial charge is 0.490 e. The minimum absolute atomic E-state index is 0.304. The number of halogens is 3. The first-order valence-corrected chi connectivity index (χ1v) is 10.8. The number of nitrogens with one attached hydrogen (secondary N) is 2. The molecule has 2 aromatic carbocycles. The molecule has 0 bridgehead atoms. The lowest BCUT2D eigenvalue weighted by Crippen LogP contribution is -2.31. The monoisotopic (exact) mass is 551 g/mol. The summed E-state index contributed by atoms with van der Waals surface area (Å²) >= 11 is 19.5. The van der Waals surface area contributed by atoms with Crippen molar-refractivity contribution in [1.82, 2.24) is 10.7 Å². The molecule has 0 saturated carbocycles. The molecule has 5 nitrogen and oxygen atoms in total. The quantitative estimate of drug-likeness (QED) is 0.199. The van der Waals surface area contributed by atoms with Gasteiger partial charge in [0.1, 0.15) is 6.61 Å². The van der Waals surface area contributed by atoms with Crippen molar-refractivity contribution in [1.29, 1.82) is 0 Å². The molecule has 0 unspecified atom stereocenters. The molecule has 0 aliphatic rings. The van der Waals surface area contributed by atoms with Gasteiger partial charge in [-0.3, -0.25) is 5.43 Å². The van der Waals surface area contributed by atoms with Crippen LogP contribution in [0.25, 0.3) is 0 Å². The second-order valence-electron chi connectivity index (χ2n) is 5.52. The molecule has 150 valence electrons. The zero-order valence-corrected chi connectivity index (χ0v) is 19.9. The molecule has 0 aliphatic carbocycles. The number of ether oxygens (including phenoxy) is 2. The molecular formula is C19H20Cl2IN3O2S. The molecular weight excluding hydrogens is 532 g/mol. The second kappa shape index (κ2) is 11.6. The summed E-state index contributed by atoms with van der Waals surface area (Å²) in [4.78, 5) is 0. The molecule has 2 rings (SSSR count). The normalized spacial score (nSPS) is 10.8. The van der Waals surface area contributed by atoms with Crippen LogP contribution in [0.1, 0.15) is 25.0 Å². The zero-order chi connectivity index (χ0) is 20.5. The third-order valence-corrected chi connectivity index (χ3v) is 5.06. The Labute approximate surface area is 193 Å². The van der Waals surface area contributed by atoms with Crippen LogP contribution in [0.15, 0.2) is 35.4 Å². The molecule has 28 heavy (non-hydrogen) atoms. The van der Waals surface area contributed by atoms with Crippen LogP contribution in [0.3, 0.4) is 0 Å². The summed E-state index contributed by atoms with van der Waals surface area (Å²) in [6.45, 7) is 5.43. The standard InChI is InChI=1S/C19H20Cl2IN3O2S/c1-3-23-19(28)25-24-10-12-7-16(22)18(17(8-12)26-4-2)27-11-13-5-6-14(20)9-15(13)21/h5-10H,3-4,11H2,1-2H3,(H2,23,25,28)/b24-10-. The van der Waals surface area contributed by atoms with E-state index in [1.807, 2.05) is 32.0 Å². The predicted molar refractivity (Wildman–Crippen MR) is 128 cm³/mol. The molecule has 0 aromatic heterocycles. The van der Waals surface area contributed by atoms with E-state index in [2.05, 4.69) is 38.4 Å². The van der Waals surface area contributed by atoms with Gasteiger partial charge in [0.05, 0.1) is 16.4 Å². The minimum atomic E-state index is 0.304. The van der Waals surface area contributed by atoms with Crippen LogP contribution in [-0.2, 0) is 6.61 Å². The molecule has 0 spiro atoms. The van der Waals surface area contributed by atoms with Gasteiger partial charge < -0.3 is 14.8 Å². The van der Waals surface area contributed by atoms with Crippen molar-refractivity contribution in [3.05, 3.63) is 55.1 Å². The third kappa shape index (κ3) is 6.95. The SMILES string of the molecule is CCNC(=S)N/N=C\c1cc(I)c(OCc2ccc(Cl)cc2Cl)c(OCC)c1. The van der Waals surface area contributed by atoms with E-state index in [4.69, 9.17) is 44.9 Å². The molecule has 2 N–H and O–H groups in total. The first-order chi connectivity index (χ1) is 13.4. The second-order valence-corrected chi connectivity index (χ2v) is 7.93. The van der Waals surface area contributed by atoms with Crippen LogP contribution in [-0.4, -0.2) is 24.5 Å². The van der Waals surface area contributed by atoms with Gasteiger partial charge in [-0.15, -0.1) is 0 Å². The van der Waals surface area contributed by atoms with E-state index in [1.165, 1.54) is 0 Å². The van der Waals surface area contributed by atoms with Crippen molar-refractivity contribution in [3.63, 3.8) is 0 Å². The van der Waals surface area contributed by atoms with Crippen molar-refractivity contribution in [3.8, 4) is 11.5 Å². The Kier molecular flexibility index (Phi) is 9.57. The van der Waals surface area contributed by atoms with E-state index in [0.29, 0.717) is 39.9 Å². The summed E-state index contributed by atoms with van der Waals surface area (Å²) in [5, 5.41) is 8.72. The number of hydrazone groups is 1. The first-order valence-electron chi connectivity index (χ1n) is 8.54. The summed E-state index contributed by atoms with van der Waals surface area (Å²) in [7, 11) is 0. The van der Waals surface area contributed by atoms with Gasteiger partial charge in [-0.05, 0) is 78.5 Å². The highest BCUT2D eigenvalue weighted by atomic mass is 127. The topological polar surface area (TPSA) is 54.9 Å². The summed E-state index contributed by atoms with van der Waals surface area (Å²) in [5.74, 6) is 1.29. The van der Waals surface area contributed by atoms with Crippen LogP contribution < -0.4 is 20.2 Å². The van der Waals surface area contributed by atoms with Crippen molar-refractivity contribution in [2.24, 2.45) is 5.10 Å². The fourth-order valence-electron chi connectivity index (χ4n) is 2.22. The van der Waals surface area contributed by atoms with E-state index < -0.39 is 0 Å². The fourth-order valence-corrected chi connectivity index (χ4v) is 3.66. The van der Waals surface area contributed by atoms with E-state index in [-0.39, 0.29) is 0 Å². The van der Waals surface area contributed by atoms with E-state index in [9.17, 15) is 0 Å². The van der Waals surface area contributed by atoms with Gasteiger partial charge in [-0.2, -0.15) is 5.10 Å². The molecule has 9 heteroatoms. The summed E-state index contributed by atoms with van der Waals surface area (Å²) in [6.07, 6.45) is 1.67. The number of thiocarbonyl (C=S) groups is 1. The van der Waals surface area contributed by atoms with Gasteiger partial charge >= 0.3 is 0 Å². The summed E-state index contributed by atoms with van der Waals surface area (Å²) in [6, 6.07) is 9.14. The molecule has 0 heterocycles. The Balaban J connectivity index is 2.17. The van der Waals surface area contributed by atoms with Crippen LogP contribution >= 0.6 is 58.0 Å². The highest BCUT2D eigenvalue weighted by Gasteiger charge is 2.13. The Morgan fingerprint density at radius 3 is 2.68 bits per heavy atom. The average Bonchev–Trinajstić information content (AvgIpc) is 2.63. The lowest BCUT2D eigenvalue weighted by molar-refractivity contribution is 0.267. The van der Waals surface area contributed by atoms with Crippen molar-refractivity contribution < 1.29 is 9.47 Å². The number of benzene rings is 2. The van der Waals surface area contributed by atoms with Crippen LogP contribution in [0, 0.1) is 3.57 Å². The number of hydrogen-bond acceptors (Lipinski definition) is 4. The highest BCUT2D eigenvalue weighted by molar-refractivity contribution is 14.1. The number of hydrogen-bond donors (Lipinski definition) is 2. The number of nitrogens with zero attached hydrogens (tertiary/aromatic N) is 1. The molecule has 2 aromatic rings. The van der Waals surface area contributed by atoms with Gasteiger partial charge in [0, 0.05) is 22.2 Å². The maximum absolute atomic E-state index is 6.23. The van der Waals surface area contributed by atoms with Gasteiger partial charge in [0.2, 0.25) is 0 Å². The maximum atomic E-state index is 6.23. The van der Waals surface area contributed by atoms with E-state index in [0.717, 1.165) is 21.2 Å². The lowest BCUT2D eigenvalue weighted by Gasteiger charge is -2.15. The average molecular weight is 552 g/mol. The molecule has 0 fully saturated rings. The van der Waals surface area contributed by atoms with Crippen LogP contribution in [0.2, 0.25) is 10.0 Å². The molecule has 0 aliphatic heterocycles. The lowest BCUT2D eigenvalue weighted by atomic mass is 10.2. The predicted octanol–water partition coefficient (Wildman–Crippen LogP) is 5.39. The molecule has 0 amide bonds. The fraction of sp³-hybridized carbons (Fsp3) is 0.263. The van der Waals surface area contributed by atoms with Crippen molar-refractivity contribution >= 4 is 69.3 Å². The number of rotatable bonds is 8. The summed E-state index contributed by atoms with van der Waals surface area (Å²) in [5.41, 5.74) is 4.47. The molecule has 0 radical (unpaired) electrons. The Hall–Kier alpha value is -1.29. The molecule has 0 atom stereocenters. The highest BCUT2D eigenvalue weighted by Crippen LogP contribution is 2.35. The zero-order valence-electron chi connectivity index (χ0n) is 15.4. The van der Waals surface area contributed by atoms with Crippen LogP contribution in [0.5, 0.6) is 11.5 Å². The van der Waals surface area contributed by atoms with Gasteiger partial charge in [-0.25, -0.2) is 0 Å². The van der Waals surface area contributed by atoms with Gasteiger partial charge in [-0.1, -0.05) is 29.3 Å². The van der Waals surface area contributed by atoms with Gasteiger partial charge in [0.15, 0.2) is 16.6 Å². The molecule has 0 saturated heterocycles. The van der Waals surface area contributed by atoms with Crippen LogP contribution in [0.4, 0.5) is 0 Å². The van der Waals surface area contributed by atoms with E-state index in [1.54, 1.807) is 18.3 Å². The van der Waals surface area contributed by atoms with Crippen molar-refractivity contribution in [2.75, 3.05) is 13.2 Å². The summed E-state index contributed by atoms with van der Waals surface area (Å²) < 4.78 is 12.7. The smallest absolute Gasteiger partial charge is 0.186 e. The van der Waals surface area contributed by atoms with Gasteiger partial charge in [0.25, 0.3) is 0 Å². The maximum Gasteiger partial charge on any atom is 0.186 e. The minimum Gasteiger partial charge on any atom is -0.490 e. The Bertz CT molecular complexity index is 865.